The number of halogens is 3. The molecule has 29 heavy (non-hydrogen) atoms. The highest BCUT2D eigenvalue weighted by molar-refractivity contribution is 14.0. The third-order valence-electron chi connectivity index (χ3n) is 4.48. The molecule has 3 rings (SSSR count). The average Bonchev–Trinajstić information content (AvgIpc) is 3.22. The van der Waals surface area contributed by atoms with Crippen LogP contribution in [0.3, 0.4) is 0 Å². The first-order chi connectivity index (χ1) is 13.7. The van der Waals surface area contributed by atoms with Gasteiger partial charge in [-0.15, -0.1) is 24.0 Å². The van der Waals surface area contributed by atoms with Gasteiger partial charge in [-0.05, 0) is 30.3 Å². The third-order valence-corrected chi connectivity index (χ3v) is 4.48. The van der Waals surface area contributed by atoms with E-state index >= 15 is 0 Å². The lowest BCUT2D eigenvalue weighted by Crippen LogP contribution is -2.44. The first-order valence-corrected chi connectivity index (χ1v) is 9.49. The minimum atomic E-state index is -0.473. The Labute approximate surface area is 186 Å². The number of rotatable bonds is 8. The molecular weight excluding hydrogens is 493 g/mol. The molecular formula is C20H27F2IN4O2. The van der Waals surface area contributed by atoms with Crippen LogP contribution in [-0.2, 0) is 17.7 Å². The summed E-state index contributed by atoms with van der Waals surface area (Å²) in [6.45, 7) is 5.54. The van der Waals surface area contributed by atoms with Gasteiger partial charge in [0.15, 0.2) is 5.96 Å². The summed E-state index contributed by atoms with van der Waals surface area (Å²) in [5.74, 6) is 0.493. The molecule has 2 aromatic rings. The molecule has 2 N–H and O–H groups in total. The van der Waals surface area contributed by atoms with Crippen molar-refractivity contribution in [3.8, 4) is 0 Å². The molecule has 0 spiro atoms. The van der Waals surface area contributed by atoms with Crippen molar-refractivity contribution in [1.29, 1.82) is 0 Å². The van der Waals surface area contributed by atoms with Crippen LogP contribution in [0.5, 0.6) is 0 Å². The average molecular weight is 520 g/mol. The van der Waals surface area contributed by atoms with Crippen LogP contribution in [0.25, 0.3) is 0 Å². The van der Waals surface area contributed by atoms with E-state index in [0.717, 1.165) is 50.7 Å². The zero-order chi connectivity index (χ0) is 19.6. The first-order valence-electron chi connectivity index (χ1n) is 9.49. The number of nitrogens with one attached hydrogen (secondary N) is 2. The van der Waals surface area contributed by atoms with Gasteiger partial charge in [0.1, 0.15) is 17.4 Å². The molecule has 2 heterocycles. The van der Waals surface area contributed by atoms with Crippen molar-refractivity contribution >= 4 is 29.9 Å². The van der Waals surface area contributed by atoms with Crippen molar-refractivity contribution in [1.82, 2.24) is 15.5 Å². The Morgan fingerprint density at radius 1 is 1.10 bits per heavy atom. The maximum absolute atomic E-state index is 13.8. The van der Waals surface area contributed by atoms with Crippen LogP contribution in [0.1, 0.15) is 11.3 Å². The van der Waals surface area contributed by atoms with E-state index in [0.29, 0.717) is 25.5 Å². The number of nitrogens with zero attached hydrogens (tertiary/aromatic N) is 2. The van der Waals surface area contributed by atoms with Crippen molar-refractivity contribution in [2.45, 2.75) is 13.0 Å². The molecule has 0 aliphatic carbocycles. The van der Waals surface area contributed by atoms with Crippen molar-refractivity contribution < 1.29 is 17.9 Å². The fourth-order valence-corrected chi connectivity index (χ4v) is 2.92. The molecule has 1 aromatic heterocycles. The predicted molar refractivity (Wildman–Crippen MR) is 119 cm³/mol. The highest BCUT2D eigenvalue weighted by atomic mass is 127. The number of ether oxygens (including phenoxy) is 1. The van der Waals surface area contributed by atoms with Crippen molar-refractivity contribution in [2.75, 3.05) is 45.9 Å². The molecule has 1 aromatic carbocycles. The summed E-state index contributed by atoms with van der Waals surface area (Å²) in [5, 5.41) is 6.48. The largest absolute Gasteiger partial charge is 0.469 e. The summed E-state index contributed by atoms with van der Waals surface area (Å²) >= 11 is 0. The number of aliphatic imine (C=N–C) groups is 1. The molecule has 0 radical (unpaired) electrons. The van der Waals surface area contributed by atoms with Gasteiger partial charge in [-0.25, -0.2) is 13.8 Å². The zero-order valence-electron chi connectivity index (χ0n) is 16.2. The van der Waals surface area contributed by atoms with Crippen LogP contribution in [-0.4, -0.2) is 56.8 Å². The molecule has 6 nitrogen and oxygen atoms in total. The molecule has 0 atom stereocenters. The van der Waals surface area contributed by atoms with E-state index in [1.54, 1.807) is 6.26 Å². The van der Waals surface area contributed by atoms with Crippen LogP contribution in [0, 0.1) is 11.6 Å². The Morgan fingerprint density at radius 3 is 2.66 bits per heavy atom. The zero-order valence-corrected chi connectivity index (χ0v) is 18.5. The Morgan fingerprint density at radius 2 is 1.90 bits per heavy atom. The standard InChI is InChI=1S/C20H26F2N4O2.HI/c21-17-3-4-19(22)16(14-17)15-25-20(23-6-5-18-2-1-11-28-18)24-7-8-26-9-12-27-13-10-26;/h1-4,11,14H,5-10,12-13,15H2,(H2,23,24,25);1H. The summed E-state index contributed by atoms with van der Waals surface area (Å²) < 4.78 is 37.9. The van der Waals surface area contributed by atoms with Crippen LogP contribution in [0.15, 0.2) is 46.0 Å². The van der Waals surface area contributed by atoms with E-state index in [1.165, 1.54) is 6.07 Å². The van der Waals surface area contributed by atoms with Gasteiger partial charge in [-0.1, -0.05) is 0 Å². The van der Waals surface area contributed by atoms with E-state index in [4.69, 9.17) is 9.15 Å². The second-order valence-electron chi connectivity index (χ2n) is 6.54. The molecule has 0 bridgehead atoms. The summed E-state index contributed by atoms with van der Waals surface area (Å²) in [6.07, 6.45) is 2.34. The number of benzene rings is 1. The topological polar surface area (TPSA) is 62.0 Å². The van der Waals surface area contributed by atoms with Gasteiger partial charge in [-0.3, -0.25) is 4.90 Å². The number of guanidine groups is 1. The molecule has 1 fully saturated rings. The molecule has 9 heteroatoms. The number of morpholine rings is 1. The van der Waals surface area contributed by atoms with Crippen LogP contribution >= 0.6 is 24.0 Å². The van der Waals surface area contributed by atoms with Gasteiger partial charge in [-0.2, -0.15) is 0 Å². The molecule has 0 saturated carbocycles. The van der Waals surface area contributed by atoms with Crippen LogP contribution in [0.2, 0.25) is 0 Å². The van der Waals surface area contributed by atoms with Gasteiger partial charge < -0.3 is 19.8 Å². The SMILES string of the molecule is Fc1ccc(F)c(CN=C(NCCc2ccco2)NCCN2CCOCC2)c1.I. The maximum Gasteiger partial charge on any atom is 0.191 e. The third kappa shape index (κ3) is 8.27. The van der Waals surface area contributed by atoms with Gasteiger partial charge in [0.25, 0.3) is 0 Å². The summed E-state index contributed by atoms with van der Waals surface area (Å²) in [4.78, 5) is 6.72. The lowest BCUT2D eigenvalue weighted by molar-refractivity contribution is 0.0389. The molecule has 160 valence electrons. The summed E-state index contributed by atoms with van der Waals surface area (Å²) in [7, 11) is 0. The fourth-order valence-electron chi connectivity index (χ4n) is 2.92. The van der Waals surface area contributed by atoms with E-state index < -0.39 is 11.6 Å². The monoisotopic (exact) mass is 520 g/mol. The second kappa shape index (κ2) is 12.8. The van der Waals surface area contributed by atoms with E-state index in [1.807, 2.05) is 12.1 Å². The van der Waals surface area contributed by atoms with Crippen molar-refractivity contribution in [2.24, 2.45) is 4.99 Å². The lowest BCUT2D eigenvalue weighted by Gasteiger charge is -2.26. The highest BCUT2D eigenvalue weighted by Crippen LogP contribution is 2.10. The van der Waals surface area contributed by atoms with E-state index in [9.17, 15) is 8.78 Å². The number of hydrogen-bond donors (Lipinski definition) is 2. The second-order valence-corrected chi connectivity index (χ2v) is 6.54. The first kappa shape index (κ1) is 23.6. The Kier molecular flexibility index (Phi) is 10.4. The van der Waals surface area contributed by atoms with Gasteiger partial charge in [0.2, 0.25) is 0 Å². The highest BCUT2D eigenvalue weighted by Gasteiger charge is 2.10. The summed E-state index contributed by atoms with van der Waals surface area (Å²) in [6, 6.07) is 7.15. The maximum atomic E-state index is 13.8. The molecule has 0 amide bonds. The molecule has 0 unspecified atom stereocenters. The number of hydrogen-bond acceptors (Lipinski definition) is 4. The number of furan rings is 1. The smallest absolute Gasteiger partial charge is 0.191 e. The Hall–Kier alpha value is -1.72. The Bertz CT molecular complexity index is 753. The van der Waals surface area contributed by atoms with Crippen LogP contribution < -0.4 is 10.6 Å². The fraction of sp³-hybridized carbons (Fsp3) is 0.450. The Balaban J connectivity index is 0.00000300. The summed E-state index contributed by atoms with van der Waals surface area (Å²) in [5.41, 5.74) is 0.223. The molecule has 1 aliphatic heterocycles. The van der Waals surface area contributed by atoms with Crippen LogP contribution in [0.4, 0.5) is 8.78 Å². The lowest BCUT2D eigenvalue weighted by atomic mass is 10.2. The van der Waals surface area contributed by atoms with E-state index in [-0.39, 0.29) is 36.1 Å². The minimum absolute atomic E-state index is 0. The van der Waals surface area contributed by atoms with Crippen molar-refractivity contribution in [3.63, 3.8) is 0 Å². The predicted octanol–water partition coefficient (Wildman–Crippen LogP) is 2.79. The minimum Gasteiger partial charge on any atom is -0.469 e. The molecule has 1 aliphatic rings. The quantitative estimate of drug-likeness (QED) is 0.319. The van der Waals surface area contributed by atoms with Crippen molar-refractivity contribution in [3.05, 3.63) is 59.6 Å². The van der Waals surface area contributed by atoms with Gasteiger partial charge in [0, 0.05) is 44.7 Å². The van der Waals surface area contributed by atoms with Gasteiger partial charge in [0.05, 0.1) is 26.0 Å². The van der Waals surface area contributed by atoms with E-state index in [2.05, 4.69) is 20.5 Å². The molecule has 1 saturated heterocycles. The normalized spacial score (nSPS) is 15.0. The van der Waals surface area contributed by atoms with Gasteiger partial charge >= 0.3 is 0 Å².